The first-order valence-corrected chi connectivity index (χ1v) is 11.2. The largest absolute Gasteiger partial charge is 0.360 e. The Hall–Kier alpha value is -2.46. The third kappa shape index (κ3) is 7.03. The Kier molecular flexibility index (Phi) is 8.03. The molecular formula is C21H26F2N4O3S. The molecule has 1 aliphatic heterocycles. The minimum absolute atomic E-state index is 0.0662. The molecule has 10 heteroatoms. The highest BCUT2D eigenvalue weighted by atomic mass is 32.2. The summed E-state index contributed by atoms with van der Waals surface area (Å²) in [5.41, 5.74) is 0.728. The second kappa shape index (κ2) is 10.7. The number of aryl methyl sites for hydroxylation is 1. The molecule has 1 aromatic carbocycles. The van der Waals surface area contributed by atoms with E-state index in [1.165, 1.54) is 17.8 Å². The van der Waals surface area contributed by atoms with E-state index in [0.717, 1.165) is 37.6 Å². The highest BCUT2D eigenvalue weighted by molar-refractivity contribution is 8.01. The number of nitrogens with zero attached hydrogens (tertiary/aromatic N) is 2. The fraction of sp³-hybridized carbons (Fsp3) is 0.476. The second-order valence-electron chi connectivity index (χ2n) is 7.63. The Labute approximate surface area is 183 Å². The van der Waals surface area contributed by atoms with Crippen molar-refractivity contribution in [2.75, 3.05) is 24.2 Å². The number of aromatic nitrogens is 1. The number of hydrogen-bond donors (Lipinski definition) is 2. The lowest BCUT2D eigenvalue weighted by molar-refractivity contribution is -0.119. The maximum absolute atomic E-state index is 13.4. The fourth-order valence-electron chi connectivity index (χ4n) is 3.33. The number of anilines is 1. The number of rotatable bonds is 8. The lowest BCUT2D eigenvalue weighted by Gasteiger charge is -2.32. The minimum atomic E-state index is -0.844. The number of carbonyl (C=O) groups is 2. The number of hydrogen-bond acceptors (Lipinski definition) is 6. The van der Waals surface area contributed by atoms with Crippen molar-refractivity contribution in [2.24, 2.45) is 0 Å². The molecule has 1 atom stereocenters. The quantitative estimate of drug-likeness (QED) is 0.640. The average Bonchev–Trinajstić information content (AvgIpc) is 3.15. The molecule has 3 rings (SSSR count). The van der Waals surface area contributed by atoms with Gasteiger partial charge in [0.05, 0.1) is 11.0 Å². The van der Waals surface area contributed by atoms with Crippen LogP contribution in [0.5, 0.6) is 0 Å². The summed E-state index contributed by atoms with van der Waals surface area (Å²) in [5, 5.41) is 8.97. The molecule has 31 heavy (non-hydrogen) atoms. The molecule has 1 fully saturated rings. The predicted molar refractivity (Wildman–Crippen MR) is 115 cm³/mol. The van der Waals surface area contributed by atoms with Crippen LogP contribution in [0.25, 0.3) is 0 Å². The van der Waals surface area contributed by atoms with Crippen LogP contribution in [0.15, 0.2) is 28.8 Å². The molecule has 0 radical (unpaired) electrons. The number of nitrogens with one attached hydrogen (secondary N) is 2. The van der Waals surface area contributed by atoms with Crippen molar-refractivity contribution < 1.29 is 22.9 Å². The highest BCUT2D eigenvalue weighted by Gasteiger charge is 2.22. The fourth-order valence-corrected chi connectivity index (χ4v) is 4.03. The zero-order valence-corrected chi connectivity index (χ0v) is 18.3. The zero-order valence-electron chi connectivity index (χ0n) is 17.5. The van der Waals surface area contributed by atoms with E-state index in [-0.39, 0.29) is 23.6 Å². The van der Waals surface area contributed by atoms with Crippen LogP contribution in [-0.2, 0) is 16.1 Å². The molecule has 2 N–H and O–H groups in total. The lowest BCUT2D eigenvalue weighted by Crippen LogP contribution is -2.45. The van der Waals surface area contributed by atoms with Gasteiger partial charge in [0.15, 0.2) is 17.5 Å². The summed E-state index contributed by atoms with van der Waals surface area (Å²) in [6, 6.07) is 5.65. The van der Waals surface area contributed by atoms with Gasteiger partial charge in [-0.05, 0) is 44.4 Å². The number of thioether (sulfide) groups is 1. The van der Waals surface area contributed by atoms with E-state index in [0.29, 0.717) is 18.1 Å². The van der Waals surface area contributed by atoms with Crippen LogP contribution in [0, 0.1) is 18.6 Å². The molecule has 1 aliphatic rings. The van der Waals surface area contributed by atoms with E-state index >= 15 is 0 Å². The van der Waals surface area contributed by atoms with Gasteiger partial charge >= 0.3 is 0 Å². The third-order valence-electron chi connectivity index (χ3n) is 5.06. The molecule has 2 amide bonds. The van der Waals surface area contributed by atoms with Gasteiger partial charge in [-0.25, -0.2) is 8.78 Å². The smallest absolute Gasteiger partial charge is 0.238 e. The maximum Gasteiger partial charge on any atom is 0.238 e. The summed E-state index contributed by atoms with van der Waals surface area (Å²) in [4.78, 5) is 26.6. The maximum atomic E-state index is 13.4. The van der Waals surface area contributed by atoms with Gasteiger partial charge in [-0.3, -0.25) is 14.5 Å². The first kappa shape index (κ1) is 23.2. The number of halogens is 2. The SMILES string of the molecule is Cc1cc(NC(=O)C(C)SCC(=O)NC2CCN(Cc3ccc(F)c(F)c3)CC2)no1. The van der Waals surface area contributed by atoms with Crippen LogP contribution < -0.4 is 10.6 Å². The van der Waals surface area contributed by atoms with Gasteiger partial charge in [0.2, 0.25) is 11.8 Å². The molecule has 7 nitrogen and oxygen atoms in total. The van der Waals surface area contributed by atoms with Crippen LogP contribution in [0.3, 0.4) is 0 Å². The van der Waals surface area contributed by atoms with Crippen LogP contribution in [0.4, 0.5) is 14.6 Å². The summed E-state index contributed by atoms with van der Waals surface area (Å²) >= 11 is 1.25. The molecule has 2 heterocycles. The Morgan fingerprint density at radius 3 is 2.65 bits per heavy atom. The zero-order chi connectivity index (χ0) is 22.4. The number of carbonyl (C=O) groups excluding carboxylic acids is 2. The molecule has 0 aliphatic carbocycles. The van der Waals surface area contributed by atoms with Crippen molar-refractivity contribution in [3.63, 3.8) is 0 Å². The first-order valence-electron chi connectivity index (χ1n) is 10.1. The molecule has 0 bridgehead atoms. The van der Waals surface area contributed by atoms with E-state index in [1.807, 2.05) is 0 Å². The predicted octanol–water partition coefficient (Wildman–Crippen LogP) is 3.10. The van der Waals surface area contributed by atoms with Crippen LogP contribution in [0.2, 0.25) is 0 Å². The van der Waals surface area contributed by atoms with Crippen molar-refractivity contribution in [3.05, 3.63) is 47.2 Å². The van der Waals surface area contributed by atoms with Gasteiger partial charge in [-0.1, -0.05) is 11.2 Å². The normalized spacial score (nSPS) is 16.1. The monoisotopic (exact) mass is 452 g/mol. The molecular weight excluding hydrogens is 426 g/mol. The Morgan fingerprint density at radius 1 is 1.26 bits per heavy atom. The van der Waals surface area contributed by atoms with Crippen LogP contribution in [-0.4, -0.2) is 52.0 Å². The Balaban J connectivity index is 1.34. The topological polar surface area (TPSA) is 87.5 Å². The number of piperidine rings is 1. The second-order valence-corrected chi connectivity index (χ2v) is 8.96. The van der Waals surface area contributed by atoms with Gasteiger partial charge in [0.25, 0.3) is 0 Å². The number of amides is 2. The molecule has 1 aromatic heterocycles. The number of likely N-dealkylation sites (tertiary alicyclic amines) is 1. The minimum Gasteiger partial charge on any atom is -0.360 e. The van der Waals surface area contributed by atoms with Gasteiger partial charge < -0.3 is 15.2 Å². The van der Waals surface area contributed by atoms with Crippen molar-refractivity contribution in [2.45, 2.75) is 44.5 Å². The van der Waals surface area contributed by atoms with Crippen LogP contribution >= 0.6 is 11.8 Å². The standard InChI is InChI=1S/C21H26F2N4O3S/c1-13-9-19(26-30-13)25-21(29)14(2)31-12-20(28)24-16-5-7-27(8-6-16)11-15-3-4-17(22)18(23)10-15/h3-4,9-10,14,16H,5-8,11-12H2,1-2H3,(H,24,28)(H,25,26,29). The van der Waals surface area contributed by atoms with E-state index in [2.05, 4.69) is 20.7 Å². The van der Waals surface area contributed by atoms with Crippen molar-refractivity contribution >= 4 is 29.4 Å². The molecule has 2 aromatic rings. The summed E-state index contributed by atoms with van der Waals surface area (Å²) in [7, 11) is 0. The third-order valence-corrected chi connectivity index (χ3v) is 6.20. The van der Waals surface area contributed by atoms with Crippen LogP contribution in [0.1, 0.15) is 31.1 Å². The van der Waals surface area contributed by atoms with E-state index < -0.39 is 16.9 Å². The first-order chi connectivity index (χ1) is 14.8. The van der Waals surface area contributed by atoms with Crippen molar-refractivity contribution in [3.8, 4) is 0 Å². The summed E-state index contributed by atoms with van der Waals surface area (Å²) in [6.07, 6.45) is 1.56. The average molecular weight is 453 g/mol. The van der Waals surface area contributed by atoms with E-state index in [1.54, 1.807) is 26.0 Å². The summed E-state index contributed by atoms with van der Waals surface area (Å²) in [6.45, 7) is 5.53. The molecule has 1 unspecified atom stereocenters. The van der Waals surface area contributed by atoms with E-state index in [4.69, 9.17) is 4.52 Å². The Morgan fingerprint density at radius 2 is 2.00 bits per heavy atom. The highest BCUT2D eigenvalue weighted by Crippen LogP contribution is 2.17. The van der Waals surface area contributed by atoms with Crippen molar-refractivity contribution in [1.29, 1.82) is 0 Å². The molecule has 1 saturated heterocycles. The van der Waals surface area contributed by atoms with Gasteiger partial charge in [0, 0.05) is 31.7 Å². The number of benzene rings is 1. The van der Waals surface area contributed by atoms with Crippen molar-refractivity contribution in [1.82, 2.24) is 15.4 Å². The van der Waals surface area contributed by atoms with Gasteiger partial charge in [0.1, 0.15) is 5.76 Å². The van der Waals surface area contributed by atoms with Gasteiger partial charge in [-0.2, -0.15) is 0 Å². The summed E-state index contributed by atoms with van der Waals surface area (Å²) < 4.78 is 31.3. The molecule has 0 spiro atoms. The molecule has 168 valence electrons. The summed E-state index contributed by atoms with van der Waals surface area (Å²) in [5.74, 6) is -0.890. The van der Waals surface area contributed by atoms with Gasteiger partial charge in [-0.15, -0.1) is 11.8 Å². The molecule has 0 saturated carbocycles. The van der Waals surface area contributed by atoms with E-state index in [9.17, 15) is 18.4 Å². The lowest BCUT2D eigenvalue weighted by atomic mass is 10.0. The Bertz CT molecular complexity index is 916.